The topological polar surface area (TPSA) is 67.1 Å². The van der Waals surface area contributed by atoms with Gasteiger partial charge in [0.15, 0.2) is 0 Å². The monoisotopic (exact) mass is 265 g/mol. The van der Waals surface area contributed by atoms with Gasteiger partial charge in [0.05, 0.1) is 0 Å². The Balaban J connectivity index is 2.03. The second-order valence-electron chi connectivity index (χ2n) is 4.56. The second-order valence-corrected chi connectivity index (χ2v) is 5.71. The molecule has 4 N–H and O–H groups in total. The molecule has 1 aliphatic heterocycles. The molecule has 1 saturated heterocycles. The number of rotatable bonds is 3. The summed E-state index contributed by atoms with van der Waals surface area (Å²) in [5, 5.41) is 3.10. The molecule has 5 heteroatoms. The molecule has 0 saturated carbocycles. The minimum absolute atomic E-state index is 0.0172. The first kappa shape index (κ1) is 13.2. The van der Waals surface area contributed by atoms with Crippen LogP contribution in [0.25, 0.3) is 0 Å². The summed E-state index contributed by atoms with van der Waals surface area (Å²) >= 11 is 1.91. The molecule has 2 rings (SSSR count). The first-order valence-electron chi connectivity index (χ1n) is 6.16. The van der Waals surface area contributed by atoms with Gasteiger partial charge in [-0.1, -0.05) is 0 Å². The van der Waals surface area contributed by atoms with E-state index in [1.165, 1.54) is 12.2 Å². The number of carbonyl (C=O) groups is 1. The van der Waals surface area contributed by atoms with Crippen LogP contribution in [-0.2, 0) is 0 Å². The Morgan fingerprint density at radius 1 is 1.50 bits per heavy atom. The molecular weight excluding hydrogens is 246 g/mol. The number of amides is 1. The van der Waals surface area contributed by atoms with Crippen LogP contribution in [0.15, 0.2) is 18.2 Å². The van der Waals surface area contributed by atoms with Crippen LogP contribution < -0.4 is 16.6 Å². The number of carbonyl (C=O) groups excluding carboxylic acids is 1. The third kappa shape index (κ3) is 3.17. The van der Waals surface area contributed by atoms with E-state index in [1.54, 1.807) is 0 Å². The summed E-state index contributed by atoms with van der Waals surface area (Å²) in [5.74, 6) is 7.59. The number of hydrazine groups is 1. The minimum Gasteiger partial charge on any atom is -0.348 e. The summed E-state index contributed by atoms with van der Waals surface area (Å²) in [5.41, 5.74) is 5.06. The Labute approximate surface area is 112 Å². The van der Waals surface area contributed by atoms with Crippen molar-refractivity contribution in [3.8, 4) is 0 Å². The van der Waals surface area contributed by atoms with Crippen molar-refractivity contribution >= 4 is 23.4 Å². The molecule has 0 aromatic heterocycles. The van der Waals surface area contributed by atoms with Gasteiger partial charge in [-0.15, -0.1) is 0 Å². The molecule has 1 aromatic rings. The van der Waals surface area contributed by atoms with Crippen molar-refractivity contribution in [3.63, 3.8) is 0 Å². The molecule has 0 spiro atoms. The van der Waals surface area contributed by atoms with Crippen molar-refractivity contribution in [1.29, 1.82) is 0 Å². The van der Waals surface area contributed by atoms with Crippen molar-refractivity contribution in [2.75, 3.05) is 16.9 Å². The molecule has 1 heterocycles. The number of nitrogens with two attached hydrogens (primary N) is 1. The maximum Gasteiger partial charge on any atom is 0.251 e. The molecule has 1 aromatic carbocycles. The molecule has 98 valence electrons. The molecule has 1 fully saturated rings. The van der Waals surface area contributed by atoms with Crippen molar-refractivity contribution in [2.24, 2.45) is 5.84 Å². The lowest BCUT2D eigenvalue weighted by Gasteiger charge is -2.22. The number of nitrogen functional groups attached to an aromatic ring is 1. The molecule has 4 nitrogen and oxygen atoms in total. The van der Waals surface area contributed by atoms with Crippen molar-refractivity contribution in [3.05, 3.63) is 29.3 Å². The van der Waals surface area contributed by atoms with Gasteiger partial charge in [-0.05, 0) is 49.3 Å². The normalized spacial score (nSPS) is 19.3. The van der Waals surface area contributed by atoms with Crippen LogP contribution in [0.4, 0.5) is 5.69 Å². The van der Waals surface area contributed by atoms with Gasteiger partial charge in [0.25, 0.3) is 5.91 Å². The lowest BCUT2D eigenvalue weighted by molar-refractivity contribution is 0.0938. The molecular formula is C13H19N3OS. The van der Waals surface area contributed by atoms with E-state index in [-0.39, 0.29) is 5.91 Å². The van der Waals surface area contributed by atoms with Crippen LogP contribution in [-0.4, -0.2) is 23.5 Å². The standard InChI is InChI=1S/C13H19N3OS/c1-9-7-10(16-14)4-5-12(9)13(17)15-11-3-2-6-18-8-11/h4-5,7,11,16H,2-3,6,8,14H2,1H3,(H,15,17). The highest BCUT2D eigenvalue weighted by Crippen LogP contribution is 2.19. The van der Waals surface area contributed by atoms with Crippen molar-refractivity contribution < 1.29 is 4.79 Å². The summed E-state index contributed by atoms with van der Waals surface area (Å²) in [6.07, 6.45) is 2.27. The summed E-state index contributed by atoms with van der Waals surface area (Å²) in [4.78, 5) is 12.2. The zero-order valence-corrected chi connectivity index (χ0v) is 11.3. The lowest BCUT2D eigenvalue weighted by Crippen LogP contribution is -2.38. The highest BCUT2D eigenvalue weighted by molar-refractivity contribution is 7.99. The number of thioether (sulfide) groups is 1. The minimum atomic E-state index is 0.0172. The zero-order valence-electron chi connectivity index (χ0n) is 10.5. The van der Waals surface area contributed by atoms with Gasteiger partial charge in [0.2, 0.25) is 0 Å². The van der Waals surface area contributed by atoms with E-state index in [4.69, 9.17) is 5.84 Å². The highest BCUT2D eigenvalue weighted by atomic mass is 32.2. The summed E-state index contributed by atoms with van der Waals surface area (Å²) in [6.45, 7) is 1.92. The lowest BCUT2D eigenvalue weighted by atomic mass is 10.1. The van der Waals surface area contributed by atoms with Crippen LogP contribution in [0.5, 0.6) is 0 Å². The average Bonchev–Trinajstić information content (AvgIpc) is 2.39. The molecule has 0 aliphatic carbocycles. The smallest absolute Gasteiger partial charge is 0.251 e. The van der Waals surface area contributed by atoms with Crippen molar-refractivity contribution in [1.82, 2.24) is 5.32 Å². The molecule has 0 bridgehead atoms. The second kappa shape index (κ2) is 6.11. The van der Waals surface area contributed by atoms with Crippen LogP contribution in [0.1, 0.15) is 28.8 Å². The van der Waals surface area contributed by atoms with Crippen LogP contribution in [0.3, 0.4) is 0 Å². The van der Waals surface area contributed by atoms with Gasteiger partial charge >= 0.3 is 0 Å². The van der Waals surface area contributed by atoms with Gasteiger partial charge in [-0.2, -0.15) is 11.8 Å². The fraction of sp³-hybridized carbons (Fsp3) is 0.462. The van der Waals surface area contributed by atoms with E-state index in [2.05, 4.69) is 10.7 Å². The fourth-order valence-electron chi connectivity index (χ4n) is 2.13. The maximum atomic E-state index is 12.2. The largest absolute Gasteiger partial charge is 0.348 e. The van der Waals surface area contributed by atoms with E-state index in [1.807, 2.05) is 36.9 Å². The average molecular weight is 265 g/mol. The van der Waals surface area contributed by atoms with Gasteiger partial charge in [0, 0.05) is 23.0 Å². The molecule has 1 unspecified atom stereocenters. The third-order valence-corrected chi connectivity index (χ3v) is 4.35. The Hall–Kier alpha value is -1.20. The van der Waals surface area contributed by atoms with E-state index in [0.29, 0.717) is 6.04 Å². The number of hydrogen-bond acceptors (Lipinski definition) is 4. The van der Waals surface area contributed by atoms with Crippen molar-refractivity contribution in [2.45, 2.75) is 25.8 Å². The number of benzene rings is 1. The maximum absolute atomic E-state index is 12.2. The predicted molar refractivity (Wildman–Crippen MR) is 76.8 cm³/mol. The zero-order chi connectivity index (χ0) is 13.0. The number of anilines is 1. The molecule has 1 amide bonds. The summed E-state index contributed by atoms with van der Waals surface area (Å²) in [6, 6.07) is 5.82. The first-order valence-corrected chi connectivity index (χ1v) is 7.32. The fourth-order valence-corrected chi connectivity index (χ4v) is 3.20. The molecule has 1 aliphatic rings. The van der Waals surface area contributed by atoms with E-state index in [0.717, 1.165) is 29.0 Å². The highest BCUT2D eigenvalue weighted by Gasteiger charge is 2.17. The molecule has 1 atom stereocenters. The van der Waals surface area contributed by atoms with E-state index in [9.17, 15) is 4.79 Å². The van der Waals surface area contributed by atoms with Gasteiger partial charge in [0.1, 0.15) is 0 Å². The Kier molecular flexibility index (Phi) is 4.49. The third-order valence-electron chi connectivity index (χ3n) is 3.13. The van der Waals surface area contributed by atoms with E-state index < -0.39 is 0 Å². The SMILES string of the molecule is Cc1cc(NN)ccc1C(=O)NC1CCCSC1. The van der Waals surface area contributed by atoms with E-state index >= 15 is 0 Å². The van der Waals surface area contributed by atoms with Crippen LogP contribution >= 0.6 is 11.8 Å². The van der Waals surface area contributed by atoms with Crippen LogP contribution in [0, 0.1) is 6.92 Å². The summed E-state index contributed by atoms with van der Waals surface area (Å²) < 4.78 is 0. The van der Waals surface area contributed by atoms with Gasteiger partial charge in [-0.3, -0.25) is 10.6 Å². The number of nitrogens with one attached hydrogen (secondary N) is 2. The number of hydrogen-bond donors (Lipinski definition) is 3. The Morgan fingerprint density at radius 3 is 2.94 bits per heavy atom. The quantitative estimate of drug-likeness (QED) is 0.577. The first-order chi connectivity index (χ1) is 8.70. The summed E-state index contributed by atoms with van der Waals surface area (Å²) in [7, 11) is 0. The predicted octanol–water partition coefficient (Wildman–Crippen LogP) is 1.91. The molecule has 18 heavy (non-hydrogen) atoms. The number of aryl methyl sites for hydroxylation is 1. The molecule has 0 radical (unpaired) electrons. The Morgan fingerprint density at radius 2 is 2.33 bits per heavy atom. The van der Waals surface area contributed by atoms with Gasteiger partial charge in [-0.25, -0.2) is 0 Å². The van der Waals surface area contributed by atoms with Gasteiger partial charge < -0.3 is 10.7 Å². The van der Waals surface area contributed by atoms with Crippen LogP contribution in [0.2, 0.25) is 0 Å². The Bertz CT molecular complexity index is 430.